The highest BCUT2D eigenvalue weighted by atomic mass is 16.5. The van der Waals surface area contributed by atoms with E-state index in [0.717, 1.165) is 30.8 Å². The minimum atomic E-state index is -1.02. The van der Waals surface area contributed by atoms with Crippen LogP contribution in [0.5, 0.6) is 5.75 Å². The molecule has 6 heteroatoms. The van der Waals surface area contributed by atoms with Crippen LogP contribution in [0.1, 0.15) is 30.0 Å². The number of hydrogen-bond donors (Lipinski definition) is 1. The van der Waals surface area contributed by atoms with Crippen molar-refractivity contribution in [2.45, 2.75) is 31.8 Å². The molecule has 1 saturated heterocycles. The van der Waals surface area contributed by atoms with Crippen LogP contribution in [0.4, 0.5) is 4.79 Å². The zero-order chi connectivity index (χ0) is 19.7. The van der Waals surface area contributed by atoms with E-state index >= 15 is 0 Å². The quantitative estimate of drug-likeness (QED) is 0.812. The highest BCUT2D eigenvalue weighted by Crippen LogP contribution is 2.33. The number of rotatable bonds is 5. The second kappa shape index (κ2) is 7.28. The first-order valence-electron chi connectivity index (χ1n) is 9.65. The van der Waals surface area contributed by atoms with Gasteiger partial charge in [-0.2, -0.15) is 0 Å². The van der Waals surface area contributed by atoms with Gasteiger partial charge < -0.3 is 10.1 Å². The molecule has 0 saturated carbocycles. The van der Waals surface area contributed by atoms with E-state index in [2.05, 4.69) is 28.4 Å². The van der Waals surface area contributed by atoms with Crippen molar-refractivity contribution in [1.29, 1.82) is 0 Å². The van der Waals surface area contributed by atoms with Gasteiger partial charge in [0.2, 0.25) is 0 Å². The maximum Gasteiger partial charge on any atom is 0.326 e. The lowest BCUT2D eigenvalue weighted by atomic mass is 9.87. The fraction of sp³-hybridized carbons (Fsp3) is 0.364. The van der Waals surface area contributed by atoms with E-state index in [-0.39, 0.29) is 11.9 Å². The molecule has 146 valence electrons. The average molecular weight is 379 g/mol. The zero-order valence-electron chi connectivity index (χ0n) is 16.3. The summed E-state index contributed by atoms with van der Waals surface area (Å²) in [6.45, 7) is 3.80. The Bertz CT molecular complexity index is 896. The fourth-order valence-corrected chi connectivity index (χ4v) is 4.14. The summed E-state index contributed by atoms with van der Waals surface area (Å²) in [7, 11) is 1.60. The zero-order valence-corrected chi connectivity index (χ0v) is 16.3. The molecule has 4 rings (SSSR count). The van der Waals surface area contributed by atoms with Crippen LogP contribution in [-0.2, 0) is 23.3 Å². The average Bonchev–Trinajstić information content (AvgIpc) is 2.99. The van der Waals surface area contributed by atoms with Gasteiger partial charge in [0.1, 0.15) is 11.3 Å². The van der Waals surface area contributed by atoms with Gasteiger partial charge in [-0.05, 0) is 41.7 Å². The molecule has 0 radical (unpaired) electrons. The third-order valence-corrected chi connectivity index (χ3v) is 5.84. The number of urea groups is 1. The normalized spacial score (nSPS) is 22.1. The number of fused-ring (bicyclic) bond motifs is 1. The van der Waals surface area contributed by atoms with Gasteiger partial charge >= 0.3 is 6.03 Å². The number of nitrogens with one attached hydrogen (secondary N) is 1. The van der Waals surface area contributed by atoms with E-state index in [0.29, 0.717) is 13.1 Å². The molecule has 1 unspecified atom stereocenters. The largest absolute Gasteiger partial charge is 0.497 e. The molecule has 0 bridgehead atoms. The smallest absolute Gasteiger partial charge is 0.326 e. The van der Waals surface area contributed by atoms with Crippen molar-refractivity contribution >= 4 is 11.9 Å². The molecule has 1 fully saturated rings. The SMILES string of the molecule is CCC1(c2ccc(OC)cc2)NC(=O)N(CN2CCc3ccccc3C2)C1=O. The molecule has 2 aliphatic heterocycles. The van der Waals surface area contributed by atoms with Crippen molar-refractivity contribution in [3.63, 3.8) is 0 Å². The Balaban J connectivity index is 1.54. The second-order valence-electron chi connectivity index (χ2n) is 7.36. The minimum Gasteiger partial charge on any atom is -0.497 e. The summed E-state index contributed by atoms with van der Waals surface area (Å²) >= 11 is 0. The highest BCUT2D eigenvalue weighted by molar-refractivity contribution is 6.07. The number of methoxy groups -OCH3 is 1. The maximum absolute atomic E-state index is 13.3. The van der Waals surface area contributed by atoms with Gasteiger partial charge in [0, 0.05) is 13.1 Å². The summed E-state index contributed by atoms with van der Waals surface area (Å²) in [6, 6.07) is 15.3. The standard InChI is InChI=1S/C22H25N3O3/c1-3-22(18-8-10-19(28-2)11-9-18)20(26)25(21(27)23-22)15-24-13-12-16-6-4-5-7-17(16)14-24/h4-11H,3,12-15H2,1-2H3,(H,23,27). The molecule has 2 aromatic rings. The van der Waals surface area contributed by atoms with Crippen molar-refractivity contribution in [1.82, 2.24) is 15.1 Å². The molecular formula is C22H25N3O3. The Morgan fingerprint density at radius 3 is 2.46 bits per heavy atom. The number of carbonyl (C=O) groups excluding carboxylic acids is 2. The van der Waals surface area contributed by atoms with Gasteiger partial charge in [0.25, 0.3) is 5.91 Å². The molecule has 6 nitrogen and oxygen atoms in total. The fourth-order valence-electron chi connectivity index (χ4n) is 4.14. The van der Waals surface area contributed by atoms with E-state index in [1.165, 1.54) is 16.0 Å². The number of carbonyl (C=O) groups is 2. The predicted molar refractivity (Wildman–Crippen MR) is 106 cm³/mol. The van der Waals surface area contributed by atoms with Crippen LogP contribution in [0.15, 0.2) is 48.5 Å². The van der Waals surface area contributed by atoms with E-state index < -0.39 is 5.54 Å². The summed E-state index contributed by atoms with van der Waals surface area (Å²) in [5.41, 5.74) is 2.37. The summed E-state index contributed by atoms with van der Waals surface area (Å²) in [4.78, 5) is 29.5. The number of imide groups is 1. The number of benzene rings is 2. The number of nitrogens with zero attached hydrogens (tertiary/aromatic N) is 2. The van der Waals surface area contributed by atoms with Gasteiger partial charge in [-0.25, -0.2) is 9.69 Å². The first-order valence-corrected chi connectivity index (χ1v) is 9.65. The number of ether oxygens (including phenoxy) is 1. The van der Waals surface area contributed by atoms with Crippen LogP contribution in [0.2, 0.25) is 0 Å². The minimum absolute atomic E-state index is 0.191. The number of amides is 3. The van der Waals surface area contributed by atoms with Crippen molar-refractivity contribution < 1.29 is 14.3 Å². The van der Waals surface area contributed by atoms with Crippen LogP contribution in [0.3, 0.4) is 0 Å². The first-order chi connectivity index (χ1) is 13.6. The third-order valence-electron chi connectivity index (χ3n) is 5.84. The summed E-state index contributed by atoms with van der Waals surface area (Å²) in [6.07, 6.45) is 1.42. The van der Waals surface area contributed by atoms with Gasteiger partial charge in [0.05, 0.1) is 13.8 Å². The summed E-state index contributed by atoms with van der Waals surface area (Å²) in [5.74, 6) is 0.527. The van der Waals surface area contributed by atoms with Crippen LogP contribution in [-0.4, -0.2) is 42.1 Å². The lowest BCUT2D eigenvalue weighted by molar-refractivity contribution is -0.133. The number of hydrogen-bond acceptors (Lipinski definition) is 4. The lowest BCUT2D eigenvalue weighted by Gasteiger charge is -2.31. The van der Waals surface area contributed by atoms with Crippen molar-refractivity contribution in [2.24, 2.45) is 0 Å². The highest BCUT2D eigenvalue weighted by Gasteiger charge is 2.51. The third kappa shape index (κ3) is 3.03. The van der Waals surface area contributed by atoms with Crippen LogP contribution in [0.25, 0.3) is 0 Å². The molecule has 2 heterocycles. The van der Waals surface area contributed by atoms with Crippen molar-refractivity contribution in [2.75, 3.05) is 20.3 Å². The van der Waals surface area contributed by atoms with E-state index in [9.17, 15) is 9.59 Å². The monoisotopic (exact) mass is 379 g/mol. The molecule has 1 atom stereocenters. The van der Waals surface area contributed by atoms with Crippen LogP contribution >= 0.6 is 0 Å². The Kier molecular flexibility index (Phi) is 4.81. The van der Waals surface area contributed by atoms with Gasteiger partial charge in [-0.1, -0.05) is 43.3 Å². The van der Waals surface area contributed by atoms with Gasteiger partial charge in [0.15, 0.2) is 0 Å². The molecule has 0 aliphatic carbocycles. The lowest BCUT2D eigenvalue weighted by Crippen LogP contribution is -2.46. The second-order valence-corrected chi connectivity index (χ2v) is 7.36. The summed E-state index contributed by atoms with van der Waals surface area (Å²) < 4.78 is 5.21. The molecule has 0 aromatic heterocycles. The van der Waals surface area contributed by atoms with Gasteiger partial charge in [-0.3, -0.25) is 9.69 Å². The summed E-state index contributed by atoms with van der Waals surface area (Å²) in [5, 5.41) is 2.95. The molecule has 0 spiro atoms. The Hall–Kier alpha value is -2.86. The molecule has 2 aromatic carbocycles. The van der Waals surface area contributed by atoms with E-state index in [4.69, 9.17) is 4.74 Å². The Morgan fingerprint density at radius 2 is 1.79 bits per heavy atom. The molecule has 28 heavy (non-hydrogen) atoms. The Labute approximate surface area is 165 Å². The van der Waals surface area contributed by atoms with Crippen LogP contribution < -0.4 is 10.1 Å². The molecule has 1 N–H and O–H groups in total. The maximum atomic E-state index is 13.3. The molecule has 3 amide bonds. The first kappa shape index (κ1) is 18.5. The predicted octanol–water partition coefficient (Wildman–Crippen LogP) is 2.87. The van der Waals surface area contributed by atoms with Crippen molar-refractivity contribution in [3.05, 3.63) is 65.2 Å². The van der Waals surface area contributed by atoms with Crippen molar-refractivity contribution in [3.8, 4) is 5.75 Å². The van der Waals surface area contributed by atoms with Crippen LogP contribution in [0, 0.1) is 0 Å². The Morgan fingerprint density at radius 1 is 1.07 bits per heavy atom. The topological polar surface area (TPSA) is 61.9 Å². The van der Waals surface area contributed by atoms with E-state index in [1.807, 2.05) is 37.3 Å². The molecule has 2 aliphatic rings. The van der Waals surface area contributed by atoms with Gasteiger partial charge in [-0.15, -0.1) is 0 Å². The molecular weight excluding hydrogens is 354 g/mol. The van der Waals surface area contributed by atoms with E-state index in [1.54, 1.807) is 7.11 Å².